The molecule has 7 nitrogen and oxygen atoms in total. The van der Waals surface area contributed by atoms with E-state index in [-0.39, 0.29) is 17.4 Å². The molecule has 2 aromatic rings. The molecule has 0 bridgehead atoms. The van der Waals surface area contributed by atoms with Gasteiger partial charge in [-0.15, -0.1) is 0 Å². The predicted molar refractivity (Wildman–Crippen MR) is 100.0 cm³/mol. The molecule has 4 rings (SSSR count). The molecule has 1 atom stereocenters. The first-order valence-electron chi connectivity index (χ1n) is 9.20. The number of carbonyl (C=O) groups is 2. The van der Waals surface area contributed by atoms with E-state index in [1.807, 2.05) is 31.0 Å². The summed E-state index contributed by atoms with van der Waals surface area (Å²) in [5, 5.41) is 7.38. The van der Waals surface area contributed by atoms with Crippen molar-refractivity contribution in [3.63, 3.8) is 0 Å². The van der Waals surface area contributed by atoms with E-state index < -0.39 is 0 Å². The monoisotopic (exact) mass is 368 g/mol. The van der Waals surface area contributed by atoms with Crippen molar-refractivity contribution in [1.82, 2.24) is 20.0 Å². The van der Waals surface area contributed by atoms with E-state index >= 15 is 0 Å². The summed E-state index contributed by atoms with van der Waals surface area (Å²) in [4.78, 5) is 27.6. The normalized spacial score (nSPS) is 21.7. The smallest absolute Gasteiger partial charge is 0.257 e. The molecule has 2 aliphatic heterocycles. The second-order valence-electron chi connectivity index (χ2n) is 7.50. The lowest BCUT2D eigenvalue weighted by molar-refractivity contribution is 0.0763. The molecule has 1 fully saturated rings. The van der Waals surface area contributed by atoms with Gasteiger partial charge >= 0.3 is 0 Å². The maximum Gasteiger partial charge on any atom is 0.257 e. The molecule has 1 aromatic heterocycles. The summed E-state index contributed by atoms with van der Waals surface area (Å²) in [5.74, 6) is 0.568. The molecule has 0 aliphatic carbocycles. The van der Waals surface area contributed by atoms with Crippen molar-refractivity contribution < 1.29 is 14.3 Å². The Balaban J connectivity index is 1.55. The second kappa shape index (κ2) is 6.40. The van der Waals surface area contributed by atoms with Crippen LogP contribution in [0.15, 0.2) is 24.4 Å². The summed E-state index contributed by atoms with van der Waals surface area (Å²) in [6, 6.07) is 5.64. The standard InChI is InChI=1S/C20H24N4O3/c1-13-17(11-21-23(13)2)19(26)24-9-8-20(12-24)7-6-14-4-5-15(27-3)10-16(14)18(25)22-20/h4-5,10-11H,6-9,12H2,1-3H3,(H,22,25)/t20-/m0/s1. The topological polar surface area (TPSA) is 76.5 Å². The van der Waals surface area contributed by atoms with Gasteiger partial charge in [0, 0.05) is 31.4 Å². The molecular weight excluding hydrogens is 344 g/mol. The maximum absolute atomic E-state index is 12.9. The highest BCUT2D eigenvalue weighted by molar-refractivity contribution is 5.98. The average Bonchev–Trinajstić information content (AvgIpc) is 3.19. The molecular formula is C20H24N4O3. The summed E-state index contributed by atoms with van der Waals surface area (Å²) < 4.78 is 6.96. The molecule has 0 unspecified atom stereocenters. The number of nitrogens with zero attached hydrogens (tertiary/aromatic N) is 3. The Bertz CT molecular complexity index is 920. The molecule has 0 radical (unpaired) electrons. The number of nitrogens with one attached hydrogen (secondary N) is 1. The van der Waals surface area contributed by atoms with E-state index in [2.05, 4.69) is 10.4 Å². The van der Waals surface area contributed by atoms with Crippen LogP contribution >= 0.6 is 0 Å². The zero-order chi connectivity index (χ0) is 19.2. The number of hydrogen-bond acceptors (Lipinski definition) is 4. The van der Waals surface area contributed by atoms with Gasteiger partial charge < -0.3 is 15.0 Å². The number of aromatic nitrogens is 2. The van der Waals surface area contributed by atoms with Crippen LogP contribution in [0.5, 0.6) is 5.75 Å². The van der Waals surface area contributed by atoms with Gasteiger partial charge in [0.25, 0.3) is 11.8 Å². The number of likely N-dealkylation sites (tertiary alicyclic amines) is 1. The fourth-order valence-corrected chi connectivity index (χ4v) is 4.09. The van der Waals surface area contributed by atoms with Crippen LogP contribution in [0.3, 0.4) is 0 Å². The van der Waals surface area contributed by atoms with Gasteiger partial charge in [0.05, 0.1) is 24.4 Å². The van der Waals surface area contributed by atoms with Crippen LogP contribution < -0.4 is 10.1 Å². The molecule has 7 heteroatoms. The lowest BCUT2D eigenvalue weighted by Crippen LogP contribution is -2.50. The minimum atomic E-state index is -0.380. The second-order valence-corrected chi connectivity index (χ2v) is 7.50. The van der Waals surface area contributed by atoms with Crippen molar-refractivity contribution in [3.8, 4) is 5.75 Å². The minimum absolute atomic E-state index is 0.0184. The van der Waals surface area contributed by atoms with E-state index in [0.717, 1.165) is 30.5 Å². The number of aryl methyl sites for hydroxylation is 2. The van der Waals surface area contributed by atoms with Crippen LogP contribution in [-0.2, 0) is 13.5 Å². The zero-order valence-corrected chi connectivity index (χ0v) is 15.9. The number of amides is 2. The van der Waals surface area contributed by atoms with E-state index in [9.17, 15) is 9.59 Å². The third kappa shape index (κ3) is 2.97. The Labute approximate surface area is 158 Å². The molecule has 2 aliphatic rings. The molecule has 27 heavy (non-hydrogen) atoms. The summed E-state index contributed by atoms with van der Waals surface area (Å²) in [6.45, 7) is 3.05. The minimum Gasteiger partial charge on any atom is -0.497 e. The Morgan fingerprint density at radius 2 is 2.15 bits per heavy atom. The highest BCUT2D eigenvalue weighted by Crippen LogP contribution is 2.32. The largest absolute Gasteiger partial charge is 0.497 e. The zero-order valence-electron chi connectivity index (χ0n) is 15.9. The fraction of sp³-hybridized carbons (Fsp3) is 0.450. The number of methoxy groups -OCH3 is 1. The predicted octanol–water partition coefficient (Wildman–Crippen LogP) is 1.70. The van der Waals surface area contributed by atoms with Gasteiger partial charge in [-0.1, -0.05) is 6.07 Å². The molecule has 3 heterocycles. The van der Waals surface area contributed by atoms with E-state index in [0.29, 0.717) is 30.0 Å². The van der Waals surface area contributed by atoms with Gasteiger partial charge in [0.2, 0.25) is 0 Å². The fourth-order valence-electron chi connectivity index (χ4n) is 4.09. The molecule has 1 saturated heterocycles. The van der Waals surface area contributed by atoms with Crippen LogP contribution in [0, 0.1) is 6.92 Å². The summed E-state index contributed by atoms with van der Waals surface area (Å²) in [6.07, 6.45) is 3.99. The van der Waals surface area contributed by atoms with Gasteiger partial charge in [0.15, 0.2) is 0 Å². The Kier molecular flexibility index (Phi) is 4.17. The van der Waals surface area contributed by atoms with E-state index in [4.69, 9.17) is 4.74 Å². The van der Waals surface area contributed by atoms with Gasteiger partial charge in [-0.3, -0.25) is 14.3 Å². The lowest BCUT2D eigenvalue weighted by atomic mass is 9.91. The number of hydrogen-bond donors (Lipinski definition) is 1. The highest BCUT2D eigenvalue weighted by atomic mass is 16.5. The van der Waals surface area contributed by atoms with Crippen molar-refractivity contribution in [3.05, 3.63) is 46.8 Å². The van der Waals surface area contributed by atoms with Crippen molar-refractivity contribution in [2.24, 2.45) is 7.05 Å². The summed E-state index contributed by atoms with van der Waals surface area (Å²) in [7, 11) is 3.42. The Hall–Kier alpha value is -2.83. The van der Waals surface area contributed by atoms with Gasteiger partial charge in [-0.05, 0) is 43.9 Å². The first kappa shape index (κ1) is 17.6. The van der Waals surface area contributed by atoms with Crippen LogP contribution in [0.25, 0.3) is 0 Å². The van der Waals surface area contributed by atoms with Crippen molar-refractivity contribution >= 4 is 11.8 Å². The number of rotatable bonds is 2. The number of ether oxygens (including phenoxy) is 1. The number of benzene rings is 1. The van der Waals surface area contributed by atoms with Crippen molar-refractivity contribution in [2.45, 2.75) is 31.7 Å². The first-order chi connectivity index (χ1) is 12.9. The Morgan fingerprint density at radius 1 is 1.33 bits per heavy atom. The summed E-state index contributed by atoms with van der Waals surface area (Å²) >= 11 is 0. The quantitative estimate of drug-likeness (QED) is 0.875. The number of fused-ring (bicyclic) bond motifs is 1. The first-order valence-corrected chi connectivity index (χ1v) is 9.20. The molecule has 1 aromatic carbocycles. The van der Waals surface area contributed by atoms with Crippen molar-refractivity contribution in [2.75, 3.05) is 20.2 Å². The number of carbonyl (C=O) groups excluding carboxylic acids is 2. The molecule has 2 amide bonds. The van der Waals surface area contributed by atoms with Gasteiger partial charge in [0.1, 0.15) is 5.75 Å². The van der Waals surface area contributed by atoms with Gasteiger partial charge in [-0.25, -0.2) is 0 Å². The lowest BCUT2D eigenvalue weighted by Gasteiger charge is -2.29. The molecule has 142 valence electrons. The van der Waals surface area contributed by atoms with E-state index in [1.54, 1.807) is 24.1 Å². The average molecular weight is 368 g/mol. The van der Waals surface area contributed by atoms with Crippen molar-refractivity contribution in [1.29, 1.82) is 0 Å². The molecule has 1 N–H and O–H groups in total. The third-order valence-electron chi connectivity index (χ3n) is 5.92. The van der Waals surface area contributed by atoms with Crippen LogP contribution in [0.1, 0.15) is 44.8 Å². The maximum atomic E-state index is 12.9. The SMILES string of the molecule is COc1ccc2c(c1)C(=O)N[C@@]1(CC2)CCN(C(=O)c2cnn(C)c2C)C1. The molecule has 1 spiro atoms. The summed E-state index contributed by atoms with van der Waals surface area (Å²) in [5.41, 5.74) is 2.79. The van der Waals surface area contributed by atoms with Crippen LogP contribution in [0.2, 0.25) is 0 Å². The van der Waals surface area contributed by atoms with Gasteiger partial charge in [-0.2, -0.15) is 5.10 Å². The Morgan fingerprint density at radius 3 is 2.85 bits per heavy atom. The molecule has 0 saturated carbocycles. The van der Waals surface area contributed by atoms with E-state index in [1.165, 1.54) is 0 Å². The van der Waals surface area contributed by atoms with Crippen LogP contribution in [0.4, 0.5) is 0 Å². The third-order valence-corrected chi connectivity index (χ3v) is 5.92. The highest BCUT2D eigenvalue weighted by Gasteiger charge is 2.43. The van der Waals surface area contributed by atoms with Crippen LogP contribution in [-0.4, -0.2) is 52.2 Å².